The number of nitrogens with zero attached hydrogens (tertiary/aromatic N) is 2. The van der Waals surface area contributed by atoms with Crippen molar-refractivity contribution in [2.45, 2.75) is 89.9 Å². The average molecular weight is 933 g/mol. The molecule has 0 saturated heterocycles. The normalized spacial score (nSPS) is 19.6. The second kappa shape index (κ2) is 15.9. The summed E-state index contributed by atoms with van der Waals surface area (Å²) in [4.78, 5) is 5.20. The minimum absolute atomic E-state index is 0.0472. The van der Waals surface area contributed by atoms with Crippen molar-refractivity contribution in [2.24, 2.45) is 23.7 Å². The van der Waals surface area contributed by atoms with Gasteiger partial charge >= 0.3 is 0 Å². The van der Waals surface area contributed by atoms with Crippen molar-refractivity contribution in [3.8, 4) is 11.1 Å². The molecular weight excluding hydrogens is 869 g/mol. The molecule has 4 bridgehead atoms. The topological polar surface area (TPSA) is 6.48 Å². The van der Waals surface area contributed by atoms with Crippen LogP contribution >= 0.6 is 0 Å². The highest BCUT2D eigenvalue weighted by atomic mass is 15.2. The van der Waals surface area contributed by atoms with E-state index in [1.54, 1.807) is 11.1 Å². The summed E-state index contributed by atoms with van der Waals surface area (Å²) in [5.41, 5.74) is 16.0. The van der Waals surface area contributed by atoms with Crippen molar-refractivity contribution in [3.05, 3.63) is 216 Å². The summed E-state index contributed by atoms with van der Waals surface area (Å²) in [6.45, 7) is 13.9. The fourth-order valence-corrected chi connectivity index (χ4v) is 14.9. The van der Waals surface area contributed by atoms with Gasteiger partial charge in [-0.1, -0.05) is 175 Å². The van der Waals surface area contributed by atoms with Crippen molar-refractivity contribution in [1.29, 1.82) is 0 Å². The SMILES string of the molecule is CC(C)(C)c1ccc(N(c2ccc3ccccc3c2)c2cc3c(c4ccccc24)-c2c(cc(N(c4ccc(C(C)(C)C)cc4)c4ccc5ccccc5c4)c4ccccc24)C32C3CC4CC(C3)CC2C4)cc1. The molecule has 0 heterocycles. The maximum atomic E-state index is 2.73. The van der Waals surface area contributed by atoms with Gasteiger partial charge in [-0.3, -0.25) is 0 Å². The molecule has 0 unspecified atom stereocenters. The van der Waals surface area contributed by atoms with Gasteiger partial charge in [-0.2, -0.15) is 0 Å². The third-order valence-electron chi connectivity index (χ3n) is 18.1. The first-order chi connectivity index (χ1) is 34.9. The van der Waals surface area contributed by atoms with Gasteiger partial charge in [0.15, 0.2) is 0 Å². The van der Waals surface area contributed by atoms with Crippen LogP contribution in [0, 0.1) is 23.7 Å². The highest BCUT2D eigenvalue weighted by molar-refractivity contribution is 6.18. The van der Waals surface area contributed by atoms with Crippen LogP contribution in [-0.4, -0.2) is 0 Å². The molecule has 4 fully saturated rings. The fraction of sp³-hybridized carbons (Fsp3) is 0.257. The Balaban J connectivity index is 1.07. The summed E-state index contributed by atoms with van der Waals surface area (Å²) in [5.74, 6) is 2.77. The molecule has 0 atom stereocenters. The van der Waals surface area contributed by atoms with Crippen LogP contribution in [0.4, 0.5) is 34.1 Å². The first-order valence-corrected chi connectivity index (χ1v) is 26.8. The van der Waals surface area contributed by atoms with E-state index in [1.165, 1.54) is 132 Å². The lowest BCUT2D eigenvalue weighted by molar-refractivity contribution is -0.0398. The Hall–Kier alpha value is -7.16. The lowest BCUT2D eigenvalue weighted by atomic mass is 9.43. The van der Waals surface area contributed by atoms with Gasteiger partial charge in [0.2, 0.25) is 0 Å². The van der Waals surface area contributed by atoms with Gasteiger partial charge in [-0.05, 0) is 193 Å². The number of rotatable bonds is 6. The van der Waals surface area contributed by atoms with E-state index in [0.717, 1.165) is 11.8 Å². The van der Waals surface area contributed by atoms with Crippen LogP contribution in [0.15, 0.2) is 194 Å². The monoisotopic (exact) mass is 933 g/mol. The van der Waals surface area contributed by atoms with Crippen molar-refractivity contribution >= 4 is 77.2 Å². The van der Waals surface area contributed by atoms with Gasteiger partial charge in [0, 0.05) is 38.9 Å². The summed E-state index contributed by atoms with van der Waals surface area (Å²) in [6.07, 6.45) is 6.64. The van der Waals surface area contributed by atoms with E-state index in [2.05, 4.69) is 245 Å². The molecule has 0 amide bonds. The molecule has 2 heteroatoms. The molecule has 2 nitrogen and oxygen atoms in total. The quantitative estimate of drug-likeness (QED) is 0.164. The molecule has 72 heavy (non-hydrogen) atoms. The molecule has 15 rings (SSSR count). The van der Waals surface area contributed by atoms with Crippen LogP contribution in [0.3, 0.4) is 0 Å². The third-order valence-corrected chi connectivity index (χ3v) is 18.1. The maximum absolute atomic E-state index is 2.73. The standard InChI is InChI=1S/C70H64N2/c1-68(2,3)50-25-31-54(32-26-50)71(56-29-23-46-15-7-9-17-48(46)40-56)64-42-62-66(60-21-13-11-19-58(60)64)67-61-22-14-12-20-59(61)65(43-63(67)70(62)52-36-44-35-45(38-52)39-53(70)37-44)72(55-33-27-51(28-34-55)69(4,5)6)57-30-24-47-16-8-10-18-49(47)41-57/h7-34,40-45,52-53H,35-39H2,1-6H3. The first-order valence-electron chi connectivity index (χ1n) is 26.8. The number of fused-ring (bicyclic) bond motifs is 9. The zero-order chi connectivity index (χ0) is 48.7. The number of benzene rings is 10. The Labute approximate surface area is 426 Å². The summed E-state index contributed by atoms with van der Waals surface area (Å²) in [6, 6.07) is 75.1. The molecule has 5 aliphatic carbocycles. The number of anilines is 6. The molecule has 0 aromatic heterocycles. The van der Waals surface area contributed by atoms with E-state index < -0.39 is 0 Å². The summed E-state index contributed by atoms with van der Waals surface area (Å²) >= 11 is 0. The van der Waals surface area contributed by atoms with Crippen LogP contribution in [0.2, 0.25) is 0 Å². The largest absolute Gasteiger partial charge is 0.310 e. The minimum Gasteiger partial charge on any atom is -0.310 e. The van der Waals surface area contributed by atoms with Gasteiger partial charge in [0.05, 0.1) is 11.4 Å². The Morgan fingerprint density at radius 2 is 0.694 bits per heavy atom. The van der Waals surface area contributed by atoms with Crippen molar-refractivity contribution in [3.63, 3.8) is 0 Å². The Morgan fingerprint density at radius 1 is 0.347 bits per heavy atom. The molecule has 4 saturated carbocycles. The fourth-order valence-electron chi connectivity index (χ4n) is 14.9. The van der Waals surface area contributed by atoms with E-state index in [9.17, 15) is 0 Å². The highest BCUT2D eigenvalue weighted by Gasteiger charge is 2.62. The number of hydrogen-bond acceptors (Lipinski definition) is 2. The summed E-state index contributed by atoms with van der Waals surface area (Å²) < 4.78 is 0. The zero-order valence-electron chi connectivity index (χ0n) is 42.7. The second-order valence-corrected chi connectivity index (χ2v) is 24.2. The van der Waals surface area contributed by atoms with E-state index in [4.69, 9.17) is 0 Å². The highest BCUT2D eigenvalue weighted by Crippen LogP contribution is 2.72. The van der Waals surface area contributed by atoms with Crippen LogP contribution in [-0.2, 0) is 16.2 Å². The van der Waals surface area contributed by atoms with Gasteiger partial charge in [0.25, 0.3) is 0 Å². The molecule has 0 N–H and O–H groups in total. The first kappa shape index (κ1) is 43.6. The Bertz CT molecular complexity index is 3530. The van der Waals surface area contributed by atoms with Crippen LogP contribution in [0.5, 0.6) is 0 Å². The predicted molar refractivity (Wildman–Crippen MR) is 306 cm³/mol. The van der Waals surface area contributed by atoms with Crippen LogP contribution in [0.25, 0.3) is 54.2 Å². The van der Waals surface area contributed by atoms with Crippen molar-refractivity contribution in [1.82, 2.24) is 0 Å². The zero-order valence-corrected chi connectivity index (χ0v) is 42.7. The summed E-state index contributed by atoms with van der Waals surface area (Å²) in [5, 5.41) is 10.3. The smallest absolute Gasteiger partial charge is 0.0543 e. The van der Waals surface area contributed by atoms with Gasteiger partial charge in [-0.15, -0.1) is 0 Å². The van der Waals surface area contributed by atoms with Crippen LogP contribution in [0.1, 0.15) is 95.9 Å². The third kappa shape index (κ3) is 6.60. The molecule has 5 aliphatic rings. The molecule has 0 radical (unpaired) electrons. The lowest BCUT2D eigenvalue weighted by Gasteiger charge is -2.61. The van der Waals surface area contributed by atoms with Gasteiger partial charge in [0.1, 0.15) is 0 Å². The average Bonchev–Trinajstić information content (AvgIpc) is 3.68. The summed E-state index contributed by atoms with van der Waals surface area (Å²) in [7, 11) is 0. The Morgan fingerprint density at radius 3 is 1.08 bits per heavy atom. The van der Waals surface area contributed by atoms with Crippen molar-refractivity contribution < 1.29 is 0 Å². The van der Waals surface area contributed by atoms with Gasteiger partial charge < -0.3 is 9.80 Å². The maximum Gasteiger partial charge on any atom is 0.0543 e. The lowest BCUT2D eigenvalue weighted by Crippen LogP contribution is -2.55. The van der Waals surface area contributed by atoms with E-state index in [-0.39, 0.29) is 16.2 Å². The predicted octanol–water partition coefficient (Wildman–Crippen LogP) is 19.6. The molecule has 10 aromatic rings. The second-order valence-electron chi connectivity index (χ2n) is 24.2. The Kier molecular flexibility index (Phi) is 9.64. The van der Waals surface area contributed by atoms with E-state index in [1.807, 2.05) is 0 Å². The van der Waals surface area contributed by atoms with Crippen LogP contribution < -0.4 is 9.80 Å². The van der Waals surface area contributed by atoms with E-state index >= 15 is 0 Å². The number of hydrogen-bond donors (Lipinski definition) is 0. The molecule has 10 aromatic carbocycles. The minimum atomic E-state index is -0.133. The molecule has 1 spiro atoms. The molecule has 0 aliphatic heterocycles. The van der Waals surface area contributed by atoms with Gasteiger partial charge in [-0.25, -0.2) is 0 Å². The molecule has 354 valence electrons. The van der Waals surface area contributed by atoms with Crippen molar-refractivity contribution in [2.75, 3.05) is 9.80 Å². The van der Waals surface area contributed by atoms with E-state index in [0.29, 0.717) is 11.8 Å². The molecular formula is C70H64N2.